The molecule has 0 aliphatic carbocycles. The Morgan fingerprint density at radius 2 is 2.26 bits per heavy atom. The second kappa shape index (κ2) is 6.95. The Balaban J connectivity index is 1.84. The number of ether oxygens (including phenoxy) is 1. The maximum atomic E-state index is 5.59. The van der Waals surface area contributed by atoms with E-state index in [4.69, 9.17) is 9.15 Å². The van der Waals surface area contributed by atoms with Crippen molar-refractivity contribution >= 4 is 0 Å². The maximum absolute atomic E-state index is 5.59. The Labute approximate surface area is 113 Å². The Morgan fingerprint density at radius 1 is 1.37 bits per heavy atom. The third-order valence-electron chi connectivity index (χ3n) is 2.62. The van der Waals surface area contributed by atoms with Gasteiger partial charge in [0.1, 0.15) is 12.4 Å². The number of hydrogen-bond acceptors (Lipinski definition) is 4. The Morgan fingerprint density at radius 3 is 3.00 bits per heavy atom. The van der Waals surface area contributed by atoms with Crippen LogP contribution in [0.2, 0.25) is 0 Å². The molecule has 0 aliphatic heterocycles. The van der Waals surface area contributed by atoms with E-state index in [2.05, 4.69) is 24.1 Å². The number of hydrogen-bond donors (Lipinski definition) is 1. The first-order valence-electron chi connectivity index (χ1n) is 6.55. The van der Waals surface area contributed by atoms with Gasteiger partial charge in [-0.05, 0) is 36.2 Å². The first-order chi connectivity index (χ1) is 9.24. The molecule has 2 aromatic rings. The minimum atomic E-state index is 0.406. The van der Waals surface area contributed by atoms with E-state index >= 15 is 0 Å². The van der Waals surface area contributed by atoms with Crippen molar-refractivity contribution in [1.82, 2.24) is 10.3 Å². The largest absolute Gasteiger partial charge is 0.469 e. The number of aromatic nitrogens is 1. The molecule has 0 saturated heterocycles. The molecule has 19 heavy (non-hydrogen) atoms. The molecule has 0 spiro atoms. The summed E-state index contributed by atoms with van der Waals surface area (Å²) in [6.07, 6.45) is 3.40. The zero-order valence-electron chi connectivity index (χ0n) is 11.4. The van der Waals surface area contributed by atoms with Gasteiger partial charge in [-0.1, -0.05) is 13.8 Å². The molecule has 4 heteroatoms. The molecule has 0 aromatic carbocycles. The van der Waals surface area contributed by atoms with Crippen LogP contribution in [0.4, 0.5) is 0 Å². The van der Waals surface area contributed by atoms with Crippen molar-refractivity contribution in [3.8, 4) is 5.88 Å². The van der Waals surface area contributed by atoms with Crippen LogP contribution >= 0.6 is 0 Å². The van der Waals surface area contributed by atoms with E-state index in [0.717, 1.165) is 18.8 Å². The van der Waals surface area contributed by atoms with Gasteiger partial charge in [-0.2, -0.15) is 0 Å². The number of nitrogens with zero attached hydrogens (tertiary/aromatic N) is 1. The van der Waals surface area contributed by atoms with Gasteiger partial charge in [-0.15, -0.1) is 0 Å². The van der Waals surface area contributed by atoms with Gasteiger partial charge < -0.3 is 14.5 Å². The van der Waals surface area contributed by atoms with Crippen LogP contribution in [0, 0.1) is 5.92 Å². The van der Waals surface area contributed by atoms with Gasteiger partial charge in [0.2, 0.25) is 5.88 Å². The van der Waals surface area contributed by atoms with E-state index in [1.807, 2.05) is 24.3 Å². The third-order valence-corrected chi connectivity index (χ3v) is 2.62. The molecule has 0 saturated carbocycles. The number of pyridine rings is 1. The summed E-state index contributed by atoms with van der Waals surface area (Å²) in [4.78, 5) is 4.19. The Kier molecular flexibility index (Phi) is 4.98. The molecular formula is C15H20N2O2. The van der Waals surface area contributed by atoms with Crippen molar-refractivity contribution in [2.45, 2.75) is 27.0 Å². The van der Waals surface area contributed by atoms with Crippen LogP contribution in [0.25, 0.3) is 0 Å². The molecule has 102 valence electrons. The summed E-state index contributed by atoms with van der Waals surface area (Å²) in [5, 5.41) is 3.40. The average molecular weight is 260 g/mol. The fourth-order valence-electron chi connectivity index (χ4n) is 1.68. The molecular weight excluding hydrogens is 240 g/mol. The van der Waals surface area contributed by atoms with E-state index in [9.17, 15) is 0 Å². The summed E-state index contributed by atoms with van der Waals surface area (Å²) < 4.78 is 10.8. The van der Waals surface area contributed by atoms with E-state index < -0.39 is 0 Å². The van der Waals surface area contributed by atoms with Crippen LogP contribution in [-0.2, 0) is 13.2 Å². The normalized spacial score (nSPS) is 10.9. The van der Waals surface area contributed by atoms with Crippen LogP contribution < -0.4 is 10.1 Å². The van der Waals surface area contributed by atoms with Crippen LogP contribution in [0.1, 0.15) is 25.2 Å². The van der Waals surface area contributed by atoms with E-state index in [0.29, 0.717) is 18.4 Å². The van der Waals surface area contributed by atoms with Crippen LogP contribution in [0.5, 0.6) is 5.88 Å². The molecule has 0 atom stereocenters. The summed E-state index contributed by atoms with van der Waals surface area (Å²) in [6, 6.07) is 7.68. The zero-order valence-corrected chi connectivity index (χ0v) is 11.4. The summed E-state index contributed by atoms with van der Waals surface area (Å²) in [6.45, 7) is 6.63. The van der Waals surface area contributed by atoms with Crippen molar-refractivity contribution in [3.05, 3.63) is 48.0 Å². The smallest absolute Gasteiger partial charge is 0.213 e. The highest BCUT2D eigenvalue weighted by atomic mass is 16.5. The quantitative estimate of drug-likeness (QED) is 0.831. The van der Waals surface area contributed by atoms with Crippen LogP contribution in [-0.4, -0.2) is 11.5 Å². The van der Waals surface area contributed by atoms with E-state index in [1.54, 1.807) is 12.5 Å². The summed E-state index contributed by atoms with van der Waals surface area (Å²) >= 11 is 0. The topological polar surface area (TPSA) is 47.3 Å². The molecule has 0 amide bonds. The highest BCUT2D eigenvalue weighted by Gasteiger charge is 2.01. The van der Waals surface area contributed by atoms with Gasteiger partial charge >= 0.3 is 0 Å². The molecule has 0 bridgehead atoms. The Hall–Kier alpha value is -1.81. The highest BCUT2D eigenvalue weighted by molar-refractivity contribution is 5.20. The molecule has 2 heterocycles. The van der Waals surface area contributed by atoms with Crippen LogP contribution in [0.3, 0.4) is 0 Å². The standard InChI is InChI=1S/C15H20N2O2/c1-12(2)9-16-10-13-5-6-17-15(8-13)19-11-14-4-3-7-18-14/h3-8,12,16H,9-11H2,1-2H3. The molecule has 4 nitrogen and oxygen atoms in total. The predicted octanol–water partition coefficient (Wildman–Crippen LogP) is 3.00. The lowest BCUT2D eigenvalue weighted by atomic mass is 10.2. The van der Waals surface area contributed by atoms with Crippen LogP contribution in [0.15, 0.2) is 41.1 Å². The summed E-state index contributed by atoms with van der Waals surface area (Å²) in [5.74, 6) is 2.07. The van der Waals surface area contributed by atoms with Gasteiger partial charge in [-0.3, -0.25) is 0 Å². The molecule has 0 radical (unpaired) electrons. The summed E-state index contributed by atoms with van der Waals surface area (Å²) in [7, 11) is 0. The Bertz CT molecular complexity index is 481. The lowest BCUT2D eigenvalue weighted by Gasteiger charge is -2.08. The summed E-state index contributed by atoms with van der Waals surface area (Å²) in [5.41, 5.74) is 1.17. The van der Waals surface area contributed by atoms with Gasteiger partial charge in [0, 0.05) is 18.8 Å². The number of nitrogens with one attached hydrogen (secondary N) is 1. The van der Waals surface area contributed by atoms with Crippen molar-refractivity contribution in [1.29, 1.82) is 0 Å². The second-order valence-corrected chi connectivity index (χ2v) is 4.90. The molecule has 2 rings (SSSR count). The first-order valence-corrected chi connectivity index (χ1v) is 6.55. The molecule has 0 aliphatic rings. The van der Waals surface area contributed by atoms with Gasteiger partial charge in [0.05, 0.1) is 6.26 Å². The molecule has 2 aromatic heterocycles. The van der Waals surface area contributed by atoms with Crippen molar-refractivity contribution in [2.24, 2.45) is 5.92 Å². The van der Waals surface area contributed by atoms with Gasteiger partial charge in [0.25, 0.3) is 0 Å². The monoisotopic (exact) mass is 260 g/mol. The first kappa shape index (κ1) is 13.6. The highest BCUT2D eigenvalue weighted by Crippen LogP contribution is 2.12. The molecule has 0 fully saturated rings. The molecule has 1 N–H and O–H groups in total. The number of furan rings is 1. The van der Waals surface area contributed by atoms with Gasteiger partial charge in [0.15, 0.2) is 0 Å². The van der Waals surface area contributed by atoms with Crippen molar-refractivity contribution in [2.75, 3.05) is 6.54 Å². The minimum absolute atomic E-state index is 0.406. The minimum Gasteiger partial charge on any atom is -0.469 e. The SMILES string of the molecule is CC(C)CNCc1ccnc(OCc2ccco2)c1. The zero-order chi connectivity index (χ0) is 13.5. The fourth-order valence-corrected chi connectivity index (χ4v) is 1.68. The predicted molar refractivity (Wildman–Crippen MR) is 73.8 cm³/mol. The van der Waals surface area contributed by atoms with Gasteiger partial charge in [-0.25, -0.2) is 4.98 Å². The maximum Gasteiger partial charge on any atom is 0.213 e. The van der Waals surface area contributed by atoms with Crippen molar-refractivity contribution in [3.63, 3.8) is 0 Å². The third kappa shape index (κ3) is 4.75. The number of rotatable bonds is 7. The lowest BCUT2D eigenvalue weighted by Crippen LogP contribution is -2.18. The van der Waals surface area contributed by atoms with Crippen molar-refractivity contribution < 1.29 is 9.15 Å². The fraction of sp³-hybridized carbons (Fsp3) is 0.400. The van der Waals surface area contributed by atoms with E-state index in [-0.39, 0.29) is 0 Å². The molecule has 0 unspecified atom stereocenters. The lowest BCUT2D eigenvalue weighted by molar-refractivity contribution is 0.260. The van der Waals surface area contributed by atoms with E-state index in [1.165, 1.54) is 5.56 Å². The second-order valence-electron chi connectivity index (χ2n) is 4.90. The average Bonchev–Trinajstić information content (AvgIpc) is 2.89.